The highest BCUT2D eigenvalue weighted by Crippen LogP contribution is 2.28. The Morgan fingerprint density at radius 2 is 1.45 bits per heavy atom. The molecule has 2 aromatic rings. The number of amides is 3. The molecule has 2 aromatic carbocycles. The molecule has 13 heteroatoms. The van der Waals surface area contributed by atoms with Gasteiger partial charge in [-0.05, 0) is 44.5 Å². The number of methoxy groups -OCH3 is 2. The first-order valence-electron chi connectivity index (χ1n) is 13.6. The Labute approximate surface area is 255 Å². The quantitative estimate of drug-likeness (QED) is 0.162. The number of aldehydes is 1. The summed E-state index contributed by atoms with van der Waals surface area (Å²) in [6.45, 7) is 7.85. The second kappa shape index (κ2) is 17.8. The molecule has 0 aromatic heterocycles. The van der Waals surface area contributed by atoms with Crippen LogP contribution in [-0.4, -0.2) is 79.5 Å². The Morgan fingerprint density at radius 3 is 1.91 bits per heavy atom. The predicted octanol–water partition coefficient (Wildman–Crippen LogP) is 2.12. The molecule has 0 spiro atoms. The summed E-state index contributed by atoms with van der Waals surface area (Å²) < 4.78 is 10.3. The molecular formula is C31H39N3O10. The van der Waals surface area contributed by atoms with Gasteiger partial charge in [0.25, 0.3) is 11.7 Å². The molecule has 2 unspecified atom stereocenters. The molecule has 0 fully saturated rings. The molecule has 0 aliphatic heterocycles. The zero-order valence-electron chi connectivity index (χ0n) is 25.8. The van der Waals surface area contributed by atoms with Crippen molar-refractivity contribution in [2.24, 2.45) is 5.92 Å². The van der Waals surface area contributed by atoms with Gasteiger partial charge in [0.2, 0.25) is 11.8 Å². The van der Waals surface area contributed by atoms with Crippen molar-refractivity contribution in [2.75, 3.05) is 25.7 Å². The molecular weight excluding hydrogens is 574 g/mol. The first-order chi connectivity index (χ1) is 20.7. The van der Waals surface area contributed by atoms with E-state index in [-0.39, 0.29) is 35.0 Å². The molecule has 238 valence electrons. The van der Waals surface area contributed by atoms with E-state index in [1.54, 1.807) is 44.2 Å². The molecule has 0 bridgehead atoms. The Kier molecular flexibility index (Phi) is 14.9. The van der Waals surface area contributed by atoms with Crippen molar-refractivity contribution in [3.63, 3.8) is 0 Å². The number of anilines is 1. The van der Waals surface area contributed by atoms with Crippen LogP contribution in [0, 0.1) is 12.8 Å². The number of carbonyl (C=O) groups excluding carboxylic acids is 6. The highest BCUT2D eigenvalue weighted by Gasteiger charge is 2.31. The minimum atomic E-state index is -1.29. The summed E-state index contributed by atoms with van der Waals surface area (Å²) in [5.74, 6) is -4.24. The van der Waals surface area contributed by atoms with E-state index in [1.807, 2.05) is 13.8 Å². The predicted molar refractivity (Wildman–Crippen MR) is 161 cm³/mol. The third kappa shape index (κ3) is 11.0. The number of nitrogens with zero attached hydrogens (tertiary/aromatic N) is 1. The van der Waals surface area contributed by atoms with Gasteiger partial charge in [0.15, 0.2) is 0 Å². The van der Waals surface area contributed by atoms with Crippen molar-refractivity contribution in [1.29, 1.82) is 0 Å². The molecule has 0 heterocycles. The number of carbonyl (C=O) groups is 7. The van der Waals surface area contributed by atoms with Gasteiger partial charge in [-0.2, -0.15) is 0 Å². The number of aliphatic carboxylic acids is 1. The normalized spacial score (nSPS) is 11.5. The van der Waals surface area contributed by atoms with Gasteiger partial charge in [0.05, 0.1) is 26.7 Å². The molecule has 2 atom stereocenters. The zero-order valence-corrected chi connectivity index (χ0v) is 25.8. The number of aryl methyl sites for hydroxylation is 1. The summed E-state index contributed by atoms with van der Waals surface area (Å²) in [5.41, 5.74) is 0.843. The minimum absolute atomic E-state index is 0.104. The van der Waals surface area contributed by atoms with Crippen LogP contribution in [0.15, 0.2) is 42.5 Å². The lowest BCUT2D eigenvalue weighted by molar-refractivity contribution is -0.139. The Morgan fingerprint density at radius 1 is 0.909 bits per heavy atom. The highest BCUT2D eigenvalue weighted by atomic mass is 16.5. The molecule has 0 aliphatic carbocycles. The van der Waals surface area contributed by atoms with E-state index < -0.39 is 54.5 Å². The lowest BCUT2D eigenvalue weighted by Gasteiger charge is -2.27. The monoisotopic (exact) mass is 613 g/mol. The lowest BCUT2D eigenvalue weighted by atomic mass is 10.1. The van der Waals surface area contributed by atoms with Crippen molar-refractivity contribution in [3.05, 3.63) is 53.6 Å². The first-order valence-corrected chi connectivity index (χ1v) is 13.6. The fourth-order valence-electron chi connectivity index (χ4n) is 3.61. The minimum Gasteiger partial charge on any atom is -0.496 e. The van der Waals surface area contributed by atoms with E-state index in [2.05, 4.69) is 10.6 Å². The van der Waals surface area contributed by atoms with Crippen LogP contribution < -0.4 is 25.0 Å². The van der Waals surface area contributed by atoms with Gasteiger partial charge < -0.3 is 34.9 Å². The number of ether oxygens (including phenoxy) is 2. The standard InChI is InChI=1S/C26H29N3O9.C5H10O/c1-15-8-5-6-9-18(15)29(13-21(31)28-17(14-30)12-22(32)33)26(36)16(2)27-25(35)24(34)23-19(37-3)10-7-11-20(23)38-4;1-4(2)5(3)6/h5-11,14,16-17H,12-13H2,1-4H3,(H,27,35)(H,28,31)(H,32,33);4H,1-3H3. The van der Waals surface area contributed by atoms with Gasteiger partial charge in [-0.1, -0.05) is 38.1 Å². The summed E-state index contributed by atoms with van der Waals surface area (Å²) >= 11 is 0. The maximum Gasteiger partial charge on any atom is 0.305 e. The Balaban J connectivity index is 0.00000146. The maximum absolute atomic E-state index is 13.4. The number of carboxylic acid groups (broad SMARTS) is 1. The number of hydrogen-bond donors (Lipinski definition) is 3. The van der Waals surface area contributed by atoms with Gasteiger partial charge in [0.1, 0.15) is 41.7 Å². The van der Waals surface area contributed by atoms with Crippen LogP contribution in [0.1, 0.15) is 50.0 Å². The maximum atomic E-state index is 13.4. The summed E-state index contributed by atoms with van der Waals surface area (Å²) in [6.07, 6.45) is -0.346. The number of nitrogens with one attached hydrogen (secondary N) is 2. The molecule has 2 rings (SSSR count). The number of Topliss-reactive ketones (excluding diaryl/α,β-unsaturated/α-hetero) is 2. The molecule has 0 saturated heterocycles. The lowest BCUT2D eigenvalue weighted by Crippen LogP contribution is -2.52. The number of para-hydroxylation sites is 1. The molecule has 0 aliphatic rings. The van der Waals surface area contributed by atoms with Gasteiger partial charge >= 0.3 is 5.97 Å². The molecule has 13 nitrogen and oxygen atoms in total. The van der Waals surface area contributed by atoms with Crippen molar-refractivity contribution in [3.8, 4) is 11.5 Å². The van der Waals surface area contributed by atoms with E-state index in [9.17, 15) is 33.6 Å². The summed E-state index contributed by atoms with van der Waals surface area (Å²) in [7, 11) is 2.65. The van der Waals surface area contributed by atoms with Crippen molar-refractivity contribution in [2.45, 2.75) is 53.1 Å². The molecule has 3 amide bonds. The van der Waals surface area contributed by atoms with Crippen LogP contribution in [-0.2, 0) is 28.8 Å². The van der Waals surface area contributed by atoms with Gasteiger partial charge in [-0.15, -0.1) is 0 Å². The second-order valence-corrected chi connectivity index (χ2v) is 9.95. The first kappa shape index (κ1) is 37.0. The van der Waals surface area contributed by atoms with Crippen LogP contribution in [0.3, 0.4) is 0 Å². The third-order valence-corrected chi connectivity index (χ3v) is 6.27. The summed E-state index contributed by atoms with van der Waals surface area (Å²) in [4.78, 5) is 85.1. The fourth-order valence-corrected chi connectivity index (χ4v) is 3.61. The van der Waals surface area contributed by atoms with Crippen LogP contribution >= 0.6 is 0 Å². The van der Waals surface area contributed by atoms with Crippen molar-refractivity contribution >= 4 is 47.2 Å². The summed E-state index contributed by atoms with van der Waals surface area (Å²) in [6, 6.07) is 8.62. The summed E-state index contributed by atoms with van der Waals surface area (Å²) in [5, 5.41) is 13.5. The van der Waals surface area contributed by atoms with Gasteiger partial charge in [-0.3, -0.25) is 28.8 Å². The average Bonchev–Trinajstić information content (AvgIpc) is 2.98. The van der Waals surface area contributed by atoms with E-state index in [4.69, 9.17) is 14.6 Å². The SMILES string of the molecule is CC(=O)C(C)C.COc1cccc(OC)c1C(=O)C(=O)NC(C)C(=O)N(CC(=O)NC(C=O)CC(=O)O)c1ccccc1C. The molecule has 0 radical (unpaired) electrons. The van der Waals surface area contributed by atoms with E-state index in [1.165, 1.54) is 33.3 Å². The van der Waals surface area contributed by atoms with E-state index >= 15 is 0 Å². The van der Waals surface area contributed by atoms with Gasteiger partial charge in [-0.25, -0.2) is 0 Å². The second-order valence-electron chi connectivity index (χ2n) is 9.95. The number of benzene rings is 2. The van der Waals surface area contributed by atoms with E-state index in [0.717, 1.165) is 4.90 Å². The highest BCUT2D eigenvalue weighted by molar-refractivity contribution is 6.44. The largest absolute Gasteiger partial charge is 0.496 e. The van der Waals surface area contributed by atoms with Crippen LogP contribution in [0.2, 0.25) is 0 Å². The number of carboxylic acids is 1. The number of hydrogen-bond acceptors (Lipinski definition) is 9. The Bertz CT molecular complexity index is 1350. The van der Waals surface area contributed by atoms with Crippen LogP contribution in [0.25, 0.3) is 0 Å². The zero-order chi connectivity index (χ0) is 33.6. The van der Waals surface area contributed by atoms with Crippen molar-refractivity contribution < 1.29 is 48.1 Å². The fraction of sp³-hybridized carbons (Fsp3) is 0.387. The van der Waals surface area contributed by atoms with E-state index in [0.29, 0.717) is 11.3 Å². The number of ketones is 2. The number of rotatable bonds is 14. The topological polar surface area (TPSA) is 185 Å². The smallest absolute Gasteiger partial charge is 0.305 e. The van der Waals surface area contributed by atoms with Crippen LogP contribution in [0.5, 0.6) is 11.5 Å². The average molecular weight is 614 g/mol. The molecule has 44 heavy (non-hydrogen) atoms. The van der Waals surface area contributed by atoms with Gasteiger partial charge in [0, 0.05) is 11.6 Å². The van der Waals surface area contributed by atoms with Crippen LogP contribution in [0.4, 0.5) is 5.69 Å². The molecule has 0 saturated carbocycles. The Hall–Kier alpha value is -5.07. The van der Waals surface area contributed by atoms with Crippen molar-refractivity contribution in [1.82, 2.24) is 10.6 Å². The third-order valence-electron chi connectivity index (χ3n) is 6.27. The molecule has 3 N–H and O–H groups in total.